The molecule has 3 aliphatic rings. The molecule has 0 radical (unpaired) electrons. The summed E-state index contributed by atoms with van der Waals surface area (Å²) in [6.45, 7) is 4.29. The Labute approximate surface area is 151 Å². The first-order valence-corrected chi connectivity index (χ1v) is 10.0. The van der Waals surface area contributed by atoms with Crippen molar-refractivity contribution in [3.63, 3.8) is 0 Å². The van der Waals surface area contributed by atoms with Gasteiger partial charge in [0, 0.05) is 37.4 Å². The second-order valence-electron chi connectivity index (χ2n) is 8.16. The van der Waals surface area contributed by atoms with Crippen LogP contribution in [0.15, 0.2) is 18.2 Å². The molecule has 3 fully saturated rings. The molecule has 2 saturated heterocycles. The summed E-state index contributed by atoms with van der Waals surface area (Å²) in [5, 5.41) is 7.79. The summed E-state index contributed by atoms with van der Waals surface area (Å²) in [7, 11) is 0. The second kappa shape index (κ2) is 6.64. The normalized spacial score (nSPS) is 32.2. The number of nitrogens with one attached hydrogen (secondary N) is 3. The Balaban J connectivity index is 1.35. The van der Waals surface area contributed by atoms with E-state index in [9.17, 15) is 0 Å². The van der Waals surface area contributed by atoms with Gasteiger partial charge in [0.25, 0.3) is 0 Å². The van der Waals surface area contributed by atoms with Crippen LogP contribution in [0.4, 0.5) is 5.69 Å². The fourth-order valence-electron chi connectivity index (χ4n) is 4.94. The third-order valence-electron chi connectivity index (χ3n) is 6.33. The maximum atomic E-state index is 5.59. The fraction of sp³-hybridized carbons (Fsp3) is 0.650. The average Bonchev–Trinajstić information content (AvgIpc) is 3.34. The summed E-state index contributed by atoms with van der Waals surface area (Å²) < 4.78 is 0. The van der Waals surface area contributed by atoms with Crippen molar-refractivity contribution in [2.24, 2.45) is 0 Å². The van der Waals surface area contributed by atoms with Crippen LogP contribution in [-0.4, -0.2) is 29.3 Å². The van der Waals surface area contributed by atoms with Crippen LogP contribution in [0.1, 0.15) is 56.1 Å². The van der Waals surface area contributed by atoms with E-state index < -0.39 is 0 Å². The lowest BCUT2D eigenvalue weighted by atomic mass is 9.81. The van der Waals surface area contributed by atoms with E-state index in [2.05, 4.69) is 42.7 Å². The van der Waals surface area contributed by atoms with Crippen LogP contribution in [0.25, 0.3) is 0 Å². The second-order valence-corrected chi connectivity index (χ2v) is 8.57. The van der Waals surface area contributed by atoms with Crippen LogP contribution in [-0.2, 0) is 0 Å². The van der Waals surface area contributed by atoms with Gasteiger partial charge in [-0.2, -0.15) is 0 Å². The minimum absolute atomic E-state index is 0.550. The van der Waals surface area contributed by atoms with Crippen molar-refractivity contribution in [3.05, 3.63) is 29.3 Å². The van der Waals surface area contributed by atoms with E-state index in [1.807, 2.05) is 4.90 Å². The Morgan fingerprint density at radius 1 is 1.00 bits per heavy atom. The topological polar surface area (TPSA) is 28.5 Å². The molecule has 0 spiro atoms. The molecule has 1 aromatic carbocycles. The van der Waals surface area contributed by atoms with Gasteiger partial charge >= 0.3 is 0 Å². The molecule has 0 aromatic heterocycles. The number of fused-ring (bicyclic) bond motifs is 2. The minimum atomic E-state index is 0.550. The molecule has 2 atom stereocenters. The Morgan fingerprint density at radius 2 is 1.71 bits per heavy atom. The predicted octanol–water partition coefficient (Wildman–Crippen LogP) is 2.72. The highest BCUT2D eigenvalue weighted by Crippen LogP contribution is 2.27. The smallest absolute Gasteiger partial charge is 0.171 e. The number of piperidine rings is 2. The molecule has 3 N–H and O–H groups in total. The van der Waals surface area contributed by atoms with Gasteiger partial charge in [0.1, 0.15) is 0 Å². The van der Waals surface area contributed by atoms with Gasteiger partial charge in [-0.1, -0.05) is 6.07 Å². The molecule has 3 nitrogen and oxygen atoms in total. The lowest BCUT2D eigenvalue weighted by Crippen LogP contribution is -3.22. The van der Waals surface area contributed by atoms with E-state index >= 15 is 0 Å². The van der Waals surface area contributed by atoms with Crippen molar-refractivity contribution >= 4 is 23.0 Å². The molecular formula is C20H30N3S+. The number of anilines is 1. The fourth-order valence-corrected chi connectivity index (χ4v) is 5.23. The van der Waals surface area contributed by atoms with Crippen LogP contribution in [0.2, 0.25) is 0 Å². The zero-order chi connectivity index (χ0) is 16.7. The van der Waals surface area contributed by atoms with E-state index in [0.717, 1.165) is 28.9 Å². The zero-order valence-corrected chi connectivity index (χ0v) is 15.7. The summed E-state index contributed by atoms with van der Waals surface area (Å²) in [5.41, 5.74) is 3.72. The van der Waals surface area contributed by atoms with Crippen molar-refractivity contribution in [1.29, 1.82) is 0 Å². The van der Waals surface area contributed by atoms with Gasteiger partial charge in [-0.15, -0.1) is 0 Å². The number of rotatable bonds is 3. The molecule has 130 valence electrons. The number of hydrogen-bond acceptors (Lipinski definition) is 1. The molecular weight excluding hydrogens is 314 g/mol. The first kappa shape index (κ1) is 16.3. The van der Waals surface area contributed by atoms with Crippen molar-refractivity contribution in [2.45, 2.75) is 83.0 Å². The summed E-state index contributed by atoms with van der Waals surface area (Å²) in [6.07, 6.45) is 9.77. The van der Waals surface area contributed by atoms with Crippen LogP contribution in [0.5, 0.6) is 0 Å². The molecule has 2 aliphatic heterocycles. The first-order valence-electron chi connectivity index (χ1n) is 9.61. The third kappa shape index (κ3) is 3.45. The molecule has 0 amide bonds. The number of benzene rings is 1. The quantitative estimate of drug-likeness (QED) is 0.737. The van der Waals surface area contributed by atoms with Gasteiger partial charge < -0.3 is 15.5 Å². The average molecular weight is 345 g/mol. The Morgan fingerprint density at radius 3 is 2.33 bits per heavy atom. The summed E-state index contributed by atoms with van der Waals surface area (Å²) in [5.74, 6) is 0. The molecule has 2 heterocycles. The molecule has 4 heteroatoms. The van der Waals surface area contributed by atoms with Crippen molar-refractivity contribution in [1.82, 2.24) is 5.32 Å². The Hall–Kier alpha value is -1.13. The third-order valence-corrected chi connectivity index (χ3v) is 6.55. The van der Waals surface area contributed by atoms with Crippen molar-refractivity contribution in [2.75, 3.05) is 5.32 Å². The minimum Gasteiger partial charge on any atom is -0.359 e. The highest BCUT2D eigenvalue weighted by molar-refractivity contribution is 7.80. The zero-order valence-electron chi connectivity index (χ0n) is 14.9. The van der Waals surface area contributed by atoms with Gasteiger partial charge in [-0.3, -0.25) is 0 Å². The van der Waals surface area contributed by atoms with Gasteiger partial charge in [-0.05, 0) is 68.6 Å². The Kier molecular flexibility index (Phi) is 4.52. The summed E-state index contributed by atoms with van der Waals surface area (Å²) in [6, 6.07) is 9.72. The molecule has 1 aliphatic carbocycles. The molecule has 4 rings (SSSR count). The first-order chi connectivity index (χ1) is 11.6. The van der Waals surface area contributed by atoms with E-state index in [0.29, 0.717) is 6.04 Å². The van der Waals surface area contributed by atoms with E-state index in [1.165, 1.54) is 56.1 Å². The largest absolute Gasteiger partial charge is 0.359 e. The lowest BCUT2D eigenvalue weighted by Gasteiger charge is -2.46. The Bertz CT molecular complexity index is 611. The van der Waals surface area contributed by atoms with E-state index in [4.69, 9.17) is 12.2 Å². The van der Waals surface area contributed by atoms with Crippen LogP contribution < -0.4 is 15.5 Å². The van der Waals surface area contributed by atoms with Crippen molar-refractivity contribution in [3.8, 4) is 0 Å². The summed E-state index contributed by atoms with van der Waals surface area (Å²) >= 11 is 5.59. The van der Waals surface area contributed by atoms with Crippen molar-refractivity contribution < 1.29 is 4.90 Å². The molecule has 2 bridgehead atoms. The maximum absolute atomic E-state index is 5.59. The van der Waals surface area contributed by atoms with Gasteiger partial charge in [-0.25, -0.2) is 0 Å². The highest BCUT2D eigenvalue weighted by atomic mass is 32.1. The van der Waals surface area contributed by atoms with Crippen LogP contribution in [0.3, 0.4) is 0 Å². The SMILES string of the molecule is Cc1ccc(NC(=S)NC2C[C@H]3CCC[C@H](C2)[NH+]3C2CC2)cc1C. The molecule has 0 unspecified atom stereocenters. The lowest BCUT2D eigenvalue weighted by molar-refractivity contribution is -0.971. The van der Waals surface area contributed by atoms with Crippen LogP contribution >= 0.6 is 12.2 Å². The standard InChI is InChI=1S/C20H29N3S/c1-13-6-7-15(10-14(13)2)21-20(24)22-16-11-18-4-3-5-19(12-16)23(18)17-8-9-17/h6-7,10,16-19H,3-5,8-9,11-12H2,1-2H3,(H2,21,22,24)/p+1/t18-,19-/m1/s1. The molecule has 1 saturated carbocycles. The number of aryl methyl sites for hydroxylation is 2. The predicted molar refractivity (Wildman–Crippen MR) is 104 cm³/mol. The van der Waals surface area contributed by atoms with E-state index in [-0.39, 0.29) is 0 Å². The highest BCUT2D eigenvalue weighted by Gasteiger charge is 2.48. The van der Waals surface area contributed by atoms with Crippen LogP contribution in [0, 0.1) is 13.8 Å². The molecule has 1 aromatic rings. The van der Waals surface area contributed by atoms with Gasteiger partial charge in [0.05, 0.1) is 18.1 Å². The number of hydrogen-bond donors (Lipinski definition) is 3. The van der Waals surface area contributed by atoms with Gasteiger partial charge in [0.2, 0.25) is 0 Å². The van der Waals surface area contributed by atoms with Gasteiger partial charge in [0.15, 0.2) is 5.11 Å². The number of quaternary nitrogens is 1. The summed E-state index contributed by atoms with van der Waals surface area (Å²) in [4.78, 5) is 1.95. The monoisotopic (exact) mass is 344 g/mol. The van der Waals surface area contributed by atoms with E-state index in [1.54, 1.807) is 0 Å². The number of thiocarbonyl (C=S) groups is 1. The molecule has 24 heavy (non-hydrogen) atoms. The maximum Gasteiger partial charge on any atom is 0.171 e.